The summed E-state index contributed by atoms with van der Waals surface area (Å²) >= 11 is 0. The maximum absolute atomic E-state index is 11.9. The van der Waals surface area contributed by atoms with E-state index in [1.165, 1.54) is 0 Å². The second-order valence-electron chi connectivity index (χ2n) is 5.40. The molecule has 0 aliphatic carbocycles. The first-order valence-corrected chi connectivity index (χ1v) is 8.95. The van der Waals surface area contributed by atoms with Crippen LogP contribution in [0.5, 0.6) is 0 Å². The molecule has 1 aliphatic rings. The lowest BCUT2D eigenvalue weighted by molar-refractivity contribution is 0.402. The standard InChI is InChI=1S/C13H24N4O2S/c18-20(19,11-13-4-3-5-14-10-13)16-6-1-2-8-17-9-7-15-12-17/h7,9,12-14,16H,1-6,8,10-11H2. The fourth-order valence-electron chi connectivity index (χ4n) is 2.50. The lowest BCUT2D eigenvalue weighted by Gasteiger charge is -2.22. The number of imidazole rings is 1. The first-order chi connectivity index (χ1) is 9.66. The van der Waals surface area contributed by atoms with E-state index >= 15 is 0 Å². The Morgan fingerprint density at radius 2 is 2.30 bits per heavy atom. The third-order valence-corrected chi connectivity index (χ3v) is 5.13. The van der Waals surface area contributed by atoms with E-state index in [9.17, 15) is 8.42 Å². The molecule has 0 bridgehead atoms. The van der Waals surface area contributed by atoms with Crippen LogP contribution in [0.4, 0.5) is 0 Å². The van der Waals surface area contributed by atoms with Crippen molar-refractivity contribution in [1.29, 1.82) is 0 Å². The Morgan fingerprint density at radius 1 is 1.40 bits per heavy atom. The van der Waals surface area contributed by atoms with Crippen molar-refractivity contribution in [2.75, 3.05) is 25.4 Å². The van der Waals surface area contributed by atoms with Crippen LogP contribution in [0.1, 0.15) is 25.7 Å². The summed E-state index contributed by atoms with van der Waals surface area (Å²) in [4.78, 5) is 3.97. The van der Waals surface area contributed by atoms with E-state index in [0.29, 0.717) is 6.54 Å². The van der Waals surface area contributed by atoms with E-state index in [1.807, 2.05) is 10.8 Å². The van der Waals surface area contributed by atoms with Gasteiger partial charge in [-0.3, -0.25) is 0 Å². The van der Waals surface area contributed by atoms with Crippen LogP contribution < -0.4 is 10.0 Å². The summed E-state index contributed by atoms with van der Waals surface area (Å²) < 4.78 is 28.6. The smallest absolute Gasteiger partial charge is 0.211 e. The summed E-state index contributed by atoms with van der Waals surface area (Å²) in [5.41, 5.74) is 0. The molecule has 7 heteroatoms. The molecule has 0 spiro atoms. The normalized spacial score (nSPS) is 20.1. The number of aryl methyl sites for hydroxylation is 1. The van der Waals surface area contributed by atoms with E-state index < -0.39 is 10.0 Å². The molecule has 6 nitrogen and oxygen atoms in total. The number of hydrogen-bond donors (Lipinski definition) is 2. The summed E-state index contributed by atoms with van der Waals surface area (Å²) in [6.45, 7) is 3.24. The van der Waals surface area contributed by atoms with Crippen LogP contribution in [0.2, 0.25) is 0 Å². The molecule has 0 saturated carbocycles. The van der Waals surface area contributed by atoms with Crippen molar-refractivity contribution in [1.82, 2.24) is 19.6 Å². The van der Waals surface area contributed by atoms with Crippen molar-refractivity contribution >= 4 is 10.0 Å². The number of hydrogen-bond acceptors (Lipinski definition) is 4. The lowest BCUT2D eigenvalue weighted by Crippen LogP contribution is -2.37. The molecule has 1 aromatic rings. The van der Waals surface area contributed by atoms with Gasteiger partial charge in [-0.15, -0.1) is 0 Å². The number of piperidine rings is 1. The third kappa shape index (κ3) is 5.60. The molecule has 0 radical (unpaired) electrons. The van der Waals surface area contributed by atoms with Gasteiger partial charge in [0.2, 0.25) is 10.0 Å². The van der Waals surface area contributed by atoms with Crippen molar-refractivity contribution < 1.29 is 8.42 Å². The molecular formula is C13H24N4O2S. The Morgan fingerprint density at radius 3 is 3.00 bits per heavy atom. The van der Waals surface area contributed by atoms with Gasteiger partial charge in [-0.2, -0.15) is 0 Å². The summed E-state index contributed by atoms with van der Waals surface area (Å²) in [6, 6.07) is 0. The maximum Gasteiger partial charge on any atom is 0.211 e. The van der Waals surface area contributed by atoms with Crippen molar-refractivity contribution in [3.63, 3.8) is 0 Å². The Balaban J connectivity index is 1.59. The first-order valence-electron chi connectivity index (χ1n) is 7.29. The maximum atomic E-state index is 11.9. The predicted octanol–water partition coefficient (Wildman–Crippen LogP) is 0.582. The van der Waals surface area contributed by atoms with E-state index in [-0.39, 0.29) is 11.7 Å². The molecule has 1 unspecified atom stereocenters. The molecule has 20 heavy (non-hydrogen) atoms. The minimum Gasteiger partial charge on any atom is -0.337 e. The molecule has 0 aromatic carbocycles. The minimum absolute atomic E-state index is 0.252. The van der Waals surface area contributed by atoms with E-state index in [0.717, 1.165) is 45.3 Å². The Labute approximate surface area is 121 Å². The van der Waals surface area contributed by atoms with E-state index in [2.05, 4.69) is 15.0 Å². The highest BCUT2D eigenvalue weighted by atomic mass is 32.2. The summed E-state index contributed by atoms with van der Waals surface area (Å²) in [5.74, 6) is 0.508. The van der Waals surface area contributed by atoms with Crippen molar-refractivity contribution in [2.24, 2.45) is 5.92 Å². The van der Waals surface area contributed by atoms with Gasteiger partial charge >= 0.3 is 0 Å². The molecule has 1 aliphatic heterocycles. The molecule has 1 aromatic heterocycles. The molecule has 2 N–H and O–H groups in total. The highest BCUT2D eigenvalue weighted by molar-refractivity contribution is 7.89. The van der Waals surface area contributed by atoms with Crippen LogP contribution in [0, 0.1) is 5.92 Å². The van der Waals surface area contributed by atoms with Crippen LogP contribution in [0.15, 0.2) is 18.7 Å². The summed E-state index contributed by atoms with van der Waals surface area (Å²) in [7, 11) is -3.12. The van der Waals surface area contributed by atoms with Gasteiger partial charge < -0.3 is 9.88 Å². The van der Waals surface area contributed by atoms with Gasteiger partial charge in [0.15, 0.2) is 0 Å². The number of unbranched alkanes of at least 4 members (excludes halogenated alkanes) is 1. The van der Waals surface area contributed by atoms with E-state index in [4.69, 9.17) is 0 Å². The Kier molecular flexibility index (Phi) is 6.00. The summed E-state index contributed by atoms with van der Waals surface area (Å²) in [5, 5.41) is 3.25. The predicted molar refractivity (Wildman–Crippen MR) is 78.8 cm³/mol. The van der Waals surface area contributed by atoms with Crippen LogP contribution in [-0.4, -0.2) is 43.4 Å². The zero-order valence-corrected chi connectivity index (χ0v) is 12.6. The van der Waals surface area contributed by atoms with Gasteiger partial charge in [0, 0.05) is 25.5 Å². The molecule has 114 valence electrons. The van der Waals surface area contributed by atoms with Crippen molar-refractivity contribution in [3.8, 4) is 0 Å². The highest BCUT2D eigenvalue weighted by Gasteiger charge is 2.20. The number of aromatic nitrogens is 2. The van der Waals surface area contributed by atoms with Gasteiger partial charge in [-0.25, -0.2) is 18.1 Å². The van der Waals surface area contributed by atoms with Crippen LogP contribution in [0.3, 0.4) is 0 Å². The number of nitrogens with zero attached hydrogens (tertiary/aromatic N) is 2. The van der Waals surface area contributed by atoms with Crippen LogP contribution >= 0.6 is 0 Å². The monoisotopic (exact) mass is 300 g/mol. The SMILES string of the molecule is O=S(=O)(CC1CCCNC1)NCCCCn1ccnc1. The zero-order chi connectivity index (χ0) is 14.3. The number of rotatable bonds is 8. The number of nitrogens with one attached hydrogen (secondary N) is 2. The van der Waals surface area contributed by atoms with Gasteiger partial charge in [0.25, 0.3) is 0 Å². The van der Waals surface area contributed by atoms with E-state index in [1.54, 1.807) is 12.5 Å². The average molecular weight is 300 g/mol. The Bertz CT molecular complexity index is 467. The molecular weight excluding hydrogens is 276 g/mol. The lowest BCUT2D eigenvalue weighted by atomic mass is 10.0. The van der Waals surface area contributed by atoms with Gasteiger partial charge in [-0.1, -0.05) is 0 Å². The summed E-state index contributed by atoms with van der Waals surface area (Å²) in [6.07, 6.45) is 9.32. The Hall–Kier alpha value is -0.920. The molecule has 0 amide bonds. The fraction of sp³-hybridized carbons (Fsp3) is 0.769. The average Bonchev–Trinajstić information content (AvgIpc) is 2.92. The molecule has 1 atom stereocenters. The molecule has 2 rings (SSSR count). The largest absolute Gasteiger partial charge is 0.337 e. The number of sulfonamides is 1. The first kappa shape index (κ1) is 15.5. The molecule has 1 fully saturated rings. The second-order valence-corrected chi connectivity index (χ2v) is 7.25. The van der Waals surface area contributed by atoms with Crippen LogP contribution in [-0.2, 0) is 16.6 Å². The van der Waals surface area contributed by atoms with Crippen molar-refractivity contribution in [3.05, 3.63) is 18.7 Å². The van der Waals surface area contributed by atoms with Crippen LogP contribution in [0.25, 0.3) is 0 Å². The molecule has 1 saturated heterocycles. The highest BCUT2D eigenvalue weighted by Crippen LogP contribution is 2.11. The topological polar surface area (TPSA) is 76.0 Å². The minimum atomic E-state index is -3.12. The molecule has 2 heterocycles. The van der Waals surface area contributed by atoms with Gasteiger partial charge in [-0.05, 0) is 44.7 Å². The fourth-order valence-corrected chi connectivity index (χ4v) is 3.98. The second kappa shape index (κ2) is 7.75. The van der Waals surface area contributed by atoms with Gasteiger partial charge in [0.1, 0.15) is 0 Å². The van der Waals surface area contributed by atoms with Gasteiger partial charge in [0.05, 0.1) is 12.1 Å². The van der Waals surface area contributed by atoms with Crippen molar-refractivity contribution in [2.45, 2.75) is 32.2 Å². The third-order valence-electron chi connectivity index (χ3n) is 3.58. The zero-order valence-electron chi connectivity index (χ0n) is 11.8. The quantitative estimate of drug-likeness (QED) is 0.689.